The molecule has 0 amide bonds. The number of hydrogen-bond acceptors (Lipinski definition) is 6. The first-order chi connectivity index (χ1) is 10.1. The first-order valence-electron chi connectivity index (χ1n) is 5.96. The first kappa shape index (κ1) is 14.5. The van der Waals surface area contributed by atoms with Crippen LogP contribution in [0.2, 0.25) is 0 Å². The van der Waals surface area contributed by atoms with Gasteiger partial charge in [0.25, 0.3) is 0 Å². The van der Waals surface area contributed by atoms with Crippen molar-refractivity contribution in [3.63, 3.8) is 0 Å². The first-order valence-corrected chi connectivity index (χ1v) is 5.96. The van der Waals surface area contributed by atoms with Crippen molar-refractivity contribution < 1.29 is 19.1 Å². The molecule has 0 fully saturated rings. The summed E-state index contributed by atoms with van der Waals surface area (Å²) in [5.74, 6) is -0.682. The minimum Gasteiger partial charge on any atom is -0.465 e. The lowest BCUT2D eigenvalue weighted by Crippen LogP contribution is -2.15. The molecular weight excluding hydrogens is 274 g/mol. The number of benzene rings is 1. The minimum atomic E-state index is -1.31. The zero-order valence-corrected chi connectivity index (χ0v) is 11.1. The van der Waals surface area contributed by atoms with Crippen LogP contribution in [0.25, 0.3) is 0 Å². The Kier molecular flexibility index (Phi) is 4.16. The number of hydrogen-bond donors (Lipinski definition) is 1. The number of nitrogens with zero attached hydrogens (tertiary/aromatic N) is 1. The van der Waals surface area contributed by atoms with Crippen LogP contribution in [0.4, 0.5) is 0 Å². The van der Waals surface area contributed by atoms with E-state index in [1.807, 2.05) is 6.07 Å². The van der Waals surface area contributed by atoms with Gasteiger partial charge >= 0.3 is 11.6 Å². The molecule has 106 valence electrons. The third-order valence-electron chi connectivity index (χ3n) is 2.89. The molecule has 1 heterocycles. The van der Waals surface area contributed by atoms with Gasteiger partial charge in [0.1, 0.15) is 12.4 Å². The summed E-state index contributed by atoms with van der Waals surface area (Å²) in [6.45, 7) is 0. The maximum atomic E-state index is 11.7. The van der Waals surface area contributed by atoms with Gasteiger partial charge in [-0.25, -0.2) is 9.59 Å². The number of nitriles is 1. The van der Waals surface area contributed by atoms with Crippen molar-refractivity contribution in [3.05, 3.63) is 69.3 Å². The zero-order chi connectivity index (χ0) is 15.4. The average molecular weight is 285 g/mol. The smallest absolute Gasteiger partial charge is 0.341 e. The SMILES string of the molecule is COC(=O)c1coc(=O)c(C(O)c2cccc(C#N)c2)c1. The maximum absolute atomic E-state index is 11.7. The average Bonchev–Trinajstić information content (AvgIpc) is 2.54. The highest BCUT2D eigenvalue weighted by atomic mass is 16.5. The van der Waals surface area contributed by atoms with Crippen LogP contribution in [0, 0.1) is 11.3 Å². The second-order valence-corrected chi connectivity index (χ2v) is 4.21. The third kappa shape index (κ3) is 2.99. The number of carbonyl (C=O) groups excluding carboxylic acids is 1. The Morgan fingerprint density at radius 1 is 1.43 bits per heavy atom. The van der Waals surface area contributed by atoms with Crippen molar-refractivity contribution in [2.24, 2.45) is 0 Å². The maximum Gasteiger partial charge on any atom is 0.341 e. The van der Waals surface area contributed by atoms with Gasteiger partial charge < -0.3 is 14.3 Å². The number of esters is 1. The predicted octanol–water partition coefficient (Wildman–Crippen LogP) is 1.38. The number of rotatable bonds is 3. The van der Waals surface area contributed by atoms with E-state index in [1.165, 1.54) is 19.2 Å². The van der Waals surface area contributed by atoms with Gasteiger partial charge in [-0.1, -0.05) is 12.1 Å². The highest BCUT2D eigenvalue weighted by Crippen LogP contribution is 2.21. The Labute approximate surface area is 119 Å². The molecule has 0 aliphatic heterocycles. The molecule has 6 heteroatoms. The van der Waals surface area contributed by atoms with E-state index in [2.05, 4.69) is 4.74 Å². The fourth-order valence-electron chi connectivity index (χ4n) is 1.82. The molecule has 1 unspecified atom stereocenters. The molecule has 0 saturated carbocycles. The summed E-state index contributed by atoms with van der Waals surface area (Å²) < 4.78 is 9.26. The van der Waals surface area contributed by atoms with E-state index in [0.29, 0.717) is 11.1 Å². The number of methoxy groups -OCH3 is 1. The molecule has 0 bridgehead atoms. The van der Waals surface area contributed by atoms with E-state index in [1.54, 1.807) is 18.2 Å². The fourth-order valence-corrected chi connectivity index (χ4v) is 1.82. The summed E-state index contributed by atoms with van der Waals surface area (Å²) in [7, 11) is 1.19. The van der Waals surface area contributed by atoms with E-state index in [4.69, 9.17) is 9.68 Å². The van der Waals surface area contributed by atoms with Crippen LogP contribution in [-0.2, 0) is 4.74 Å². The van der Waals surface area contributed by atoms with Gasteiger partial charge in [0.2, 0.25) is 0 Å². The Morgan fingerprint density at radius 3 is 2.86 bits per heavy atom. The Morgan fingerprint density at radius 2 is 2.19 bits per heavy atom. The topological polar surface area (TPSA) is 101 Å². The van der Waals surface area contributed by atoms with Crippen molar-refractivity contribution in [2.45, 2.75) is 6.10 Å². The van der Waals surface area contributed by atoms with Gasteiger partial charge in [0.05, 0.1) is 29.9 Å². The van der Waals surface area contributed by atoms with Crippen LogP contribution in [0.3, 0.4) is 0 Å². The lowest BCUT2D eigenvalue weighted by atomic mass is 10.0. The molecule has 0 radical (unpaired) electrons. The second-order valence-electron chi connectivity index (χ2n) is 4.21. The number of aliphatic hydroxyl groups excluding tert-OH is 1. The molecule has 0 saturated heterocycles. The van der Waals surface area contributed by atoms with Crippen LogP contribution < -0.4 is 5.63 Å². The van der Waals surface area contributed by atoms with E-state index < -0.39 is 17.7 Å². The van der Waals surface area contributed by atoms with E-state index in [9.17, 15) is 14.7 Å². The monoisotopic (exact) mass is 285 g/mol. The van der Waals surface area contributed by atoms with Crippen molar-refractivity contribution in [1.82, 2.24) is 0 Å². The van der Waals surface area contributed by atoms with Gasteiger partial charge in [-0.2, -0.15) is 5.26 Å². The van der Waals surface area contributed by atoms with Gasteiger partial charge in [-0.3, -0.25) is 0 Å². The molecule has 1 aromatic carbocycles. The summed E-state index contributed by atoms with van der Waals surface area (Å²) in [6, 6.07) is 9.33. The molecule has 0 aliphatic rings. The summed E-state index contributed by atoms with van der Waals surface area (Å²) in [5, 5.41) is 19.1. The lowest BCUT2D eigenvalue weighted by molar-refractivity contribution is 0.0597. The quantitative estimate of drug-likeness (QED) is 0.855. The van der Waals surface area contributed by atoms with E-state index >= 15 is 0 Å². The fraction of sp³-hybridized carbons (Fsp3) is 0.133. The van der Waals surface area contributed by atoms with Crippen molar-refractivity contribution >= 4 is 5.97 Å². The lowest BCUT2D eigenvalue weighted by Gasteiger charge is -2.11. The molecule has 2 aromatic rings. The van der Waals surface area contributed by atoms with Crippen LogP contribution in [0.15, 0.2) is 45.8 Å². The molecule has 21 heavy (non-hydrogen) atoms. The largest absolute Gasteiger partial charge is 0.465 e. The highest BCUT2D eigenvalue weighted by molar-refractivity contribution is 5.88. The Hall–Kier alpha value is -2.91. The van der Waals surface area contributed by atoms with Crippen LogP contribution in [0.1, 0.15) is 33.2 Å². The molecule has 0 spiro atoms. The Bertz CT molecular complexity index is 772. The molecule has 6 nitrogen and oxygen atoms in total. The molecule has 1 aromatic heterocycles. The van der Waals surface area contributed by atoms with Gasteiger partial charge in [-0.05, 0) is 23.8 Å². The number of carbonyl (C=O) groups is 1. The van der Waals surface area contributed by atoms with Gasteiger partial charge in [0.15, 0.2) is 0 Å². The minimum absolute atomic E-state index is 0.0163. The second kappa shape index (κ2) is 6.03. The zero-order valence-electron chi connectivity index (χ0n) is 11.1. The summed E-state index contributed by atoms with van der Waals surface area (Å²) in [4.78, 5) is 23.1. The number of aliphatic hydroxyl groups is 1. The summed E-state index contributed by atoms with van der Waals surface area (Å²) in [5.41, 5.74) is -0.156. The number of ether oxygens (including phenoxy) is 1. The van der Waals surface area contributed by atoms with Crippen LogP contribution in [0.5, 0.6) is 0 Å². The molecule has 2 rings (SSSR count). The normalized spacial score (nSPS) is 11.5. The third-order valence-corrected chi connectivity index (χ3v) is 2.89. The van der Waals surface area contributed by atoms with Crippen molar-refractivity contribution in [2.75, 3.05) is 7.11 Å². The molecule has 1 N–H and O–H groups in total. The molecule has 1 atom stereocenters. The molecular formula is C15H11NO5. The van der Waals surface area contributed by atoms with Gasteiger partial charge in [-0.15, -0.1) is 0 Å². The summed E-state index contributed by atoms with van der Waals surface area (Å²) in [6.07, 6.45) is -0.338. The standard InChI is InChI=1S/C15H11NO5/c1-20-14(18)11-6-12(15(19)21-8-11)13(17)10-4-2-3-9(5-10)7-16/h2-6,8,13,17H,1H3. The van der Waals surface area contributed by atoms with Crippen molar-refractivity contribution in [3.8, 4) is 6.07 Å². The predicted molar refractivity (Wildman–Crippen MR) is 71.5 cm³/mol. The van der Waals surface area contributed by atoms with Crippen LogP contribution in [-0.4, -0.2) is 18.2 Å². The van der Waals surface area contributed by atoms with E-state index in [-0.39, 0.29) is 11.1 Å². The van der Waals surface area contributed by atoms with Crippen LogP contribution >= 0.6 is 0 Å². The highest BCUT2D eigenvalue weighted by Gasteiger charge is 2.19. The van der Waals surface area contributed by atoms with Crippen molar-refractivity contribution in [1.29, 1.82) is 5.26 Å². The van der Waals surface area contributed by atoms with E-state index in [0.717, 1.165) is 6.26 Å². The summed E-state index contributed by atoms with van der Waals surface area (Å²) >= 11 is 0. The Balaban J connectivity index is 2.47. The van der Waals surface area contributed by atoms with Gasteiger partial charge in [0, 0.05) is 0 Å². The molecule has 0 aliphatic carbocycles.